The van der Waals surface area contributed by atoms with Gasteiger partial charge in [-0.25, -0.2) is 0 Å². The number of hydrogen-bond acceptors (Lipinski definition) is 3. The zero-order valence-electron chi connectivity index (χ0n) is 11.6. The lowest BCUT2D eigenvalue weighted by Gasteiger charge is -2.14. The molecule has 0 bridgehead atoms. The Kier molecular flexibility index (Phi) is 5.04. The molecule has 0 aliphatic carbocycles. The zero-order chi connectivity index (χ0) is 14.5. The Bertz CT molecular complexity index is 586. The molecule has 0 spiro atoms. The van der Waals surface area contributed by atoms with Crippen LogP contribution in [0, 0.1) is 0 Å². The highest BCUT2D eigenvalue weighted by molar-refractivity contribution is 9.10. The third-order valence-electron chi connectivity index (χ3n) is 3.19. The van der Waals surface area contributed by atoms with Crippen molar-refractivity contribution in [2.75, 3.05) is 14.2 Å². The SMILES string of the molecule is COc1cccc(C(N)Cc2ccc(OC)c(Br)c2)c1. The summed E-state index contributed by atoms with van der Waals surface area (Å²) in [5.41, 5.74) is 8.50. The van der Waals surface area contributed by atoms with E-state index in [0.717, 1.165) is 33.5 Å². The number of benzene rings is 2. The number of rotatable bonds is 5. The summed E-state index contributed by atoms with van der Waals surface area (Å²) >= 11 is 3.49. The third-order valence-corrected chi connectivity index (χ3v) is 3.81. The molecule has 0 aromatic heterocycles. The Hall–Kier alpha value is -1.52. The molecule has 2 rings (SSSR count). The predicted octanol–water partition coefficient (Wildman–Crippen LogP) is 3.71. The molecular weight excluding hydrogens is 318 g/mol. The summed E-state index contributed by atoms with van der Waals surface area (Å²) in [5.74, 6) is 1.65. The maximum atomic E-state index is 6.27. The molecule has 0 aliphatic rings. The molecule has 3 nitrogen and oxygen atoms in total. The topological polar surface area (TPSA) is 44.5 Å². The van der Waals surface area contributed by atoms with E-state index >= 15 is 0 Å². The first-order valence-corrected chi connectivity index (χ1v) is 7.15. The van der Waals surface area contributed by atoms with Gasteiger partial charge in [0.1, 0.15) is 11.5 Å². The van der Waals surface area contributed by atoms with Gasteiger partial charge in [-0.3, -0.25) is 0 Å². The van der Waals surface area contributed by atoms with Crippen molar-refractivity contribution in [3.8, 4) is 11.5 Å². The van der Waals surface area contributed by atoms with Crippen molar-refractivity contribution in [2.24, 2.45) is 5.73 Å². The van der Waals surface area contributed by atoms with Gasteiger partial charge in [0.2, 0.25) is 0 Å². The number of methoxy groups -OCH3 is 2. The van der Waals surface area contributed by atoms with Crippen LogP contribution in [0.5, 0.6) is 11.5 Å². The highest BCUT2D eigenvalue weighted by Crippen LogP contribution is 2.27. The summed E-state index contributed by atoms with van der Waals surface area (Å²) < 4.78 is 11.4. The number of nitrogens with two attached hydrogens (primary N) is 1. The van der Waals surface area contributed by atoms with Crippen LogP contribution in [0.2, 0.25) is 0 Å². The minimum absolute atomic E-state index is 0.0644. The van der Waals surface area contributed by atoms with Gasteiger partial charge in [-0.2, -0.15) is 0 Å². The van der Waals surface area contributed by atoms with Gasteiger partial charge in [-0.1, -0.05) is 18.2 Å². The van der Waals surface area contributed by atoms with Crippen LogP contribution in [0.4, 0.5) is 0 Å². The minimum atomic E-state index is -0.0644. The molecule has 0 fully saturated rings. The first-order chi connectivity index (χ1) is 9.63. The molecule has 1 unspecified atom stereocenters. The first-order valence-electron chi connectivity index (χ1n) is 6.36. The van der Waals surface area contributed by atoms with Crippen LogP contribution < -0.4 is 15.2 Å². The van der Waals surface area contributed by atoms with Crippen molar-refractivity contribution in [3.63, 3.8) is 0 Å². The second kappa shape index (κ2) is 6.77. The normalized spacial score (nSPS) is 12.0. The quantitative estimate of drug-likeness (QED) is 0.905. The van der Waals surface area contributed by atoms with Gasteiger partial charge in [0.25, 0.3) is 0 Å². The van der Waals surface area contributed by atoms with Crippen LogP contribution in [-0.4, -0.2) is 14.2 Å². The lowest BCUT2D eigenvalue weighted by Crippen LogP contribution is -2.13. The molecule has 20 heavy (non-hydrogen) atoms. The summed E-state index contributed by atoms with van der Waals surface area (Å²) in [7, 11) is 3.31. The standard InChI is InChI=1S/C16H18BrNO2/c1-19-13-5-3-4-12(10-13)15(18)9-11-6-7-16(20-2)14(17)8-11/h3-8,10,15H,9,18H2,1-2H3. The fourth-order valence-corrected chi connectivity index (χ4v) is 2.67. The monoisotopic (exact) mass is 335 g/mol. The van der Waals surface area contributed by atoms with Crippen LogP contribution in [0.1, 0.15) is 17.2 Å². The van der Waals surface area contributed by atoms with Gasteiger partial charge in [-0.05, 0) is 57.7 Å². The van der Waals surface area contributed by atoms with E-state index in [4.69, 9.17) is 15.2 Å². The van der Waals surface area contributed by atoms with Crippen LogP contribution in [0.15, 0.2) is 46.9 Å². The first kappa shape index (κ1) is 14.9. The molecular formula is C16H18BrNO2. The minimum Gasteiger partial charge on any atom is -0.497 e. The second-order valence-corrected chi connectivity index (χ2v) is 5.41. The average Bonchev–Trinajstić information content (AvgIpc) is 2.47. The van der Waals surface area contributed by atoms with Crippen LogP contribution >= 0.6 is 15.9 Å². The Labute approximate surface area is 127 Å². The Morgan fingerprint density at radius 2 is 1.90 bits per heavy atom. The van der Waals surface area contributed by atoms with Crippen molar-refractivity contribution in [1.29, 1.82) is 0 Å². The molecule has 0 aliphatic heterocycles. The van der Waals surface area contributed by atoms with E-state index in [1.807, 2.05) is 42.5 Å². The van der Waals surface area contributed by atoms with Gasteiger partial charge in [0.05, 0.1) is 18.7 Å². The molecule has 0 saturated heterocycles. The van der Waals surface area contributed by atoms with Gasteiger partial charge < -0.3 is 15.2 Å². The fourth-order valence-electron chi connectivity index (χ4n) is 2.08. The van der Waals surface area contributed by atoms with E-state index in [-0.39, 0.29) is 6.04 Å². The molecule has 0 saturated carbocycles. The summed E-state index contributed by atoms with van der Waals surface area (Å²) in [6.07, 6.45) is 0.760. The molecule has 2 aromatic rings. The lowest BCUT2D eigenvalue weighted by molar-refractivity contribution is 0.412. The smallest absolute Gasteiger partial charge is 0.133 e. The highest BCUT2D eigenvalue weighted by Gasteiger charge is 2.09. The number of ether oxygens (including phenoxy) is 2. The van der Waals surface area contributed by atoms with Crippen LogP contribution in [-0.2, 0) is 6.42 Å². The van der Waals surface area contributed by atoms with Crippen molar-refractivity contribution in [2.45, 2.75) is 12.5 Å². The molecule has 0 radical (unpaired) electrons. The number of halogens is 1. The summed E-state index contributed by atoms with van der Waals surface area (Å²) in [6, 6.07) is 13.8. The predicted molar refractivity (Wildman–Crippen MR) is 84.3 cm³/mol. The Morgan fingerprint density at radius 3 is 2.55 bits per heavy atom. The van der Waals surface area contributed by atoms with Gasteiger partial charge in [0, 0.05) is 6.04 Å². The Balaban J connectivity index is 2.14. The van der Waals surface area contributed by atoms with Crippen molar-refractivity contribution < 1.29 is 9.47 Å². The van der Waals surface area contributed by atoms with E-state index < -0.39 is 0 Å². The molecule has 2 aromatic carbocycles. The summed E-state index contributed by atoms with van der Waals surface area (Å²) in [6.45, 7) is 0. The zero-order valence-corrected chi connectivity index (χ0v) is 13.2. The molecule has 0 heterocycles. The van der Waals surface area contributed by atoms with Crippen molar-refractivity contribution in [3.05, 3.63) is 58.1 Å². The average molecular weight is 336 g/mol. The van der Waals surface area contributed by atoms with E-state index in [1.165, 1.54) is 0 Å². The van der Waals surface area contributed by atoms with Crippen molar-refractivity contribution >= 4 is 15.9 Å². The summed E-state index contributed by atoms with van der Waals surface area (Å²) in [4.78, 5) is 0. The fraction of sp³-hybridized carbons (Fsp3) is 0.250. The molecule has 4 heteroatoms. The maximum Gasteiger partial charge on any atom is 0.133 e. The maximum absolute atomic E-state index is 6.27. The van der Waals surface area contributed by atoms with Crippen LogP contribution in [0.3, 0.4) is 0 Å². The van der Waals surface area contributed by atoms with Crippen molar-refractivity contribution in [1.82, 2.24) is 0 Å². The molecule has 106 valence electrons. The van der Waals surface area contributed by atoms with E-state index in [0.29, 0.717) is 0 Å². The van der Waals surface area contributed by atoms with Crippen LogP contribution in [0.25, 0.3) is 0 Å². The Morgan fingerprint density at radius 1 is 1.10 bits per heavy atom. The highest BCUT2D eigenvalue weighted by atomic mass is 79.9. The molecule has 2 N–H and O–H groups in total. The number of hydrogen-bond donors (Lipinski definition) is 1. The van der Waals surface area contributed by atoms with Gasteiger partial charge >= 0.3 is 0 Å². The largest absolute Gasteiger partial charge is 0.497 e. The molecule has 1 atom stereocenters. The van der Waals surface area contributed by atoms with Gasteiger partial charge in [0.15, 0.2) is 0 Å². The van der Waals surface area contributed by atoms with E-state index in [9.17, 15) is 0 Å². The van der Waals surface area contributed by atoms with Gasteiger partial charge in [-0.15, -0.1) is 0 Å². The van der Waals surface area contributed by atoms with E-state index in [2.05, 4.69) is 15.9 Å². The second-order valence-electron chi connectivity index (χ2n) is 4.56. The lowest BCUT2D eigenvalue weighted by atomic mass is 9.99. The molecule has 0 amide bonds. The summed E-state index contributed by atoms with van der Waals surface area (Å²) in [5, 5.41) is 0. The third kappa shape index (κ3) is 3.52. The van der Waals surface area contributed by atoms with E-state index in [1.54, 1.807) is 14.2 Å².